The van der Waals surface area contributed by atoms with Gasteiger partial charge in [-0.25, -0.2) is 4.79 Å². The molecule has 0 spiro atoms. The summed E-state index contributed by atoms with van der Waals surface area (Å²) < 4.78 is 20.4. The molecule has 0 saturated carbocycles. The molecular weight excluding hydrogens is 328 g/mol. The standard InChI is InChI=1S/C17H26N2O6/c1-10(2)7-12(19-17(21)25-6)16(20)18-11-8-13(22-3)15(24-5)14(9-11)23-4/h8-10,12H,7H2,1-6H3,(H,18,20)(H,19,21). The van der Waals surface area contributed by atoms with E-state index in [1.807, 2.05) is 13.8 Å². The molecular formula is C17H26N2O6. The van der Waals surface area contributed by atoms with E-state index in [1.54, 1.807) is 12.1 Å². The molecule has 8 heteroatoms. The average Bonchev–Trinajstić information content (AvgIpc) is 2.59. The highest BCUT2D eigenvalue weighted by molar-refractivity contribution is 5.97. The van der Waals surface area contributed by atoms with Gasteiger partial charge in [-0.2, -0.15) is 0 Å². The van der Waals surface area contributed by atoms with Gasteiger partial charge in [0.05, 0.1) is 28.4 Å². The van der Waals surface area contributed by atoms with Crippen LogP contribution in [0.15, 0.2) is 12.1 Å². The number of carbonyl (C=O) groups excluding carboxylic acids is 2. The van der Waals surface area contributed by atoms with Crippen molar-refractivity contribution in [3.05, 3.63) is 12.1 Å². The lowest BCUT2D eigenvalue weighted by Gasteiger charge is -2.20. The Morgan fingerprint density at radius 1 is 1.00 bits per heavy atom. The van der Waals surface area contributed by atoms with Crippen molar-refractivity contribution in [1.29, 1.82) is 0 Å². The van der Waals surface area contributed by atoms with Crippen LogP contribution in [0.25, 0.3) is 0 Å². The third kappa shape index (κ3) is 5.74. The van der Waals surface area contributed by atoms with Gasteiger partial charge in [-0.1, -0.05) is 13.8 Å². The molecule has 2 N–H and O–H groups in total. The van der Waals surface area contributed by atoms with Crippen molar-refractivity contribution < 1.29 is 28.5 Å². The molecule has 0 heterocycles. The van der Waals surface area contributed by atoms with Gasteiger partial charge in [-0.3, -0.25) is 4.79 Å². The molecule has 0 aliphatic carbocycles. The number of nitrogens with one attached hydrogen (secondary N) is 2. The minimum atomic E-state index is -0.730. The van der Waals surface area contributed by atoms with Gasteiger partial charge >= 0.3 is 6.09 Å². The maximum atomic E-state index is 12.6. The Balaban J connectivity index is 3.04. The number of benzene rings is 1. The molecule has 1 aromatic rings. The van der Waals surface area contributed by atoms with Gasteiger partial charge < -0.3 is 29.6 Å². The first kappa shape index (κ1) is 20.4. The van der Waals surface area contributed by atoms with E-state index in [0.717, 1.165) is 0 Å². The van der Waals surface area contributed by atoms with Crippen LogP contribution < -0.4 is 24.8 Å². The fourth-order valence-corrected chi connectivity index (χ4v) is 2.29. The molecule has 0 bridgehead atoms. The van der Waals surface area contributed by atoms with Crippen molar-refractivity contribution in [3.63, 3.8) is 0 Å². The van der Waals surface area contributed by atoms with Crippen LogP contribution >= 0.6 is 0 Å². The highest BCUT2D eigenvalue weighted by Crippen LogP contribution is 2.39. The van der Waals surface area contributed by atoms with Gasteiger partial charge in [0.2, 0.25) is 11.7 Å². The number of hydrogen-bond donors (Lipinski definition) is 2. The van der Waals surface area contributed by atoms with Crippen LogP contribution in [-0.4, -0.2) is 46.5 Å². The van der Waals surface area contributed by atoms with E-state index < -0.39 is 12.1 Å². The van der Waals surface area contributed by atoms with E-state index in [9.17, 15) is 9.59 Å². The van der Waals surface area contributed by atoms with Crippen molar-refractivity contribution >= 4 is 17.7 Å². The zero-order chi connectivity index (χ0) is 19.0. The maximum Gasteiger partial charge on any atom is 0.407 e. The van der Waals surface area contributed by atoms with Crippen LogP contribution in [0.2, 0.25) is 0 Å². The summed E-state index contributed by atoms with van der Waals surface area (Å²) in [6.07, 6.45) is -0.198. The average molecular weight is 354 g/mol. The minimum absolute atomic E-state index is 0.202. The highest BCUT2D eigenvalue weighted by atomic mass is 16.5. The van der Waals surface area contributed by atoms with Crippen molar-refractivity contribution in [2.24, 2.45) is 5.92 Å². The normalized spacial score (nSPS) is 11.5. The van der Waals surface area contributed by atoms with Crippen molar-refractivity contribution in [3.8, 4) is 17.2 Å². The lowest BCUT2D eigenvalue weighted by atomic mass is 10.0. The predicted molar refractivity (Wildman–Crippen MR) is 93.5 cm³/mol. The van der Waals surface area contributed by atoms with Crippen molar-refractivity contribution in [2.45, 2.75) is 26.3 Å². The second-order valence-corrected chi connectivity index (χ2v) is 5.72. The Morgan fingerprint density at radius 3 is 1.96 bits per heavy atom. The second-order valence-electron chi connectivity index (χ2n) is 5.72. The second kappa shape index (κ2) is 9.61. The first-order chi connectivity index (χ1) is 11.9. The molecule has 0 fully saturated rings. The number of amides is 2. The van der Waals surface area contributed by atoms with Crippen molar-refractivity contribution in [1.82, 2.24) is 5.32 Å². The monoisotopic (exact) mass is 354 g/mol. The van der Waals surface area contributed by atoms with Crippen LogP contribution in [0.3, 0.4) is 0 Å². The Bertz CT molecular complexity index is 578. The summed E-state index contributed by atoms with van der Waals surface area (Å²) in [4.78, 5) is 24.0. The van der Waals surface area contributed by atoms with E-state index in [1.165, 1.54) is 28.4 Å². The summed E-state index contributed by atoms with van der Waals surface area (Å²) >= 11 is 0. The molecule has 8 nitrogen and oxygen atoms in total. The van der Waals surface area contributed by atoms with Crippen LogP contribution in [0.1, 0.15) is 20.3 Å². The lowest BCUT2D eigenvalue weighted by Crippen LogP contribution is -2.44. The Morgan fingerprint density at radius 2 is 1.56 bits per heavy atom. The van der Waals surface area contributed by atoms with Crippen LogP contribution in [0, 0.1) is 5.92 Å². The summed E-state index contributed by atoms with van der Waals surface area (Å²) in [5.74, 6) is 1.09. The topological polar surface area (TPSA) is 95.1 Å². The molecule has 0 radical (unpaired) electrons. The van der Waals surface area contributed by atoms with E-state index >= 15 is 0 Å². The smallest absolute Gasteiger partial charge is 0.407 e. The molecule has 1 aromatic carbocycles. The maximum absolute atomic E-state index is 12.6. The van der Waals surface area contributed by atoms with Gasteiger partial charge in [0, 0.05) is 17.8 Å². The third-order valence-corrected chi connectivity index (χ3v) is 3.43. The third-order valence-electron chi connectivity index (χ3n) is 3.43. The van der Waals surface area contributed by atoms with Gasteiger partial charge in [-0.05, 0) is 12.3 Å². The van der Waals surface area contributed by atoms with Crippen LogP contribution in [0.4, 0.5) is 10.5 Å². The van der Waals surface area contributed by atoms with Gasteiger partial charge in [0.25, 0.3) is 0 Å². The quantitative estimate of drug-likeness (QED) is 0.744. The molecule has 0 aromatic heterocycles. The number of alkyl carbamates (subject to hydrolysis) is 1. The van der Waals surface area contributed by atoms with Gasteiger partial charge in [0.1, 0.15) is 6.04 Å². The summed E-state index contributed by atoms with van der Waals surface area (Å²) in [5, 5.41) is 5.29. The summed E-state index contributed by atoms with van der Waals surface area (Å²) in [6, 6.07) is 2.50. The van der Waals surface area contributed by atoms with Gasteiger partial charge in [-0.15, -0.1) is 0 Å². The molecule has 2 amide bonds. The fourth-order valence-electron chi connectivity index (χ4n) is 2.29. The first-order valence-corrected chi connectivity index (χ1v) is 7.81. The molecule has 0 saturated heterocycles. The molecule has 1 rings (SSSR count). The minimum Gasteiger partial charge on any atom is -0.493 e. The predicted octanol–water partition coefficient (Wildman–Crippen LogP) is 2.42. The number of anilines is 1. The molecule has 1 unspecified atom stereocenters. The number of hydrogen-bond acceptors (Lipinski definition) is 6. The summed E-state index contributed by atoms with van der Waals surface area (Å²) in [5.41, 5.74) is 0.458. The largest absolute Gasteiger partial charge is 0.493 e. The zero-order valence-electron chi connectivity index (χ0n) is 15.5. The lowest BCUT2D eigenvalue weighted by molar-refractivity contribution is -0.118. The molecule has 25 heavy (non-hydrogen) atoms. The van der Waals surface area contributed by atoms with Crippen molar-refractivity contribution in [2.75, 3.05) is 33.8 Å². The molecule has 0 aliphatic rings. The Kier molecular flexibility index (Phi) is 7.84. The molecule has 140 valence electrons. The van der Waals surface area contributed by atoms with E-state index in [-0.39, 0.29) is 11.8 Å². The first-order valence-electron chi connectivity index (χ1n) is 7.81. The SMILES string of the molecule is COC(=O)NC(CC(C)C)C(=O)Nc1cc(OC)c(OC)c(OC)c1. The fraction of sp³-hybridized carbons (Fsp3) is 0.529. The van der Waals surface area contributed by atoms with E-state index in [2.05, 4.69) is 15.4 Å². The number of methoxy groups -OCH3 is 4. The number of ether oxygens (including phenoxy) is 4. The van der Waals surface area contributed by atoms with E-state index in [4.69, 9.17) is 14.2 Å². The Hall–Kier alpha value is -2.64. The highest BCUT2D eigenvalue weighted by Gasteiger charge is 2.23. The zero-order valence-corrected chi connectivity index (χ0v) is 15.5. The van der Waals surface area contributed by atoms with E-state index in [0.29, 0.717) is 29.4 Å². The van der Waals surface area contributed by atoms with Gasteiger partial charge in [0.15, 0.2) is 11.5 Å². The molecule has 1 atom stereocenters. The Labute approximate surface area is 147 Å². The number of carbonyl (C=O) groups is 2. The summed E-state index contributed by atoms with van der Waals surface area (Å²) in [6.45, 7) is 3.91. The number of rotatable bonds is 8. The van der Waals surface area contributed by atoms with Crippen LogP contribution in [-0.2, 0) is 9.53 Å². The van der Waals surface area contributed by atoms with Crippen LogP contribution in [0.5, 0.6) is 17.2 Å². The summed E-state index contributed by atoms with van der Waals surface area (Å²) in [7, 11) is 5.73. The molecule has 0 aliphatic heterocycles.